The summed E-state index contributed by atoms with van der Waals surface area (Å²) in [5.41, 5.74) is 1.29. The predicted molar refractivity (Wildman–Crippen MR) is 86.0 cm³/mol. The third kappa shape index (κ3) is 5.43. The fraction of sp³-hybridized carbons (Fsp3) is 0.235. The van der Waals surface area contributed by atoms with E-state index in [4.69, 9.17) is 4.74 Å². The van der Waals surface area contributed by atoms with Crippen LogP contribution in [0.25, 0.3) is 0 Å². The van der Waals surface area contributed by atoms with Crippen molar-refractivity contribution in [2.24, 2.45) is 0 Å². The number of rotatable bonds is 7. The Labute approximate surface area is 134 Å². The van der Waals surface area contributed by atoms with Crippen LogP contribution in [-0.2, 0) is 11.3 Å². The van der Waals surface area contributed by atoms with E-state index in [1.165, 1.54) is 0 Å². The van der Waals surface area contributed by atoms with Crippen molar-refractivity contribution < 1.29 is 14.3 Å². The number of aromatic nitrogens is 1. The summed E-state index contributed by atoms with van der Waals surface area (Å²) >= 11 is 0. The molecular formula is C17H19N3O3. The van der Waals surface area contributed by atoms with Gasteiger partial charge in [0.1, 0.15) is 5.75 Å². The average molecular weight is 313 g/mol. The summed E-state index contributed by atoms with van der Waals surface area (Å²) in [5.74, 6) is 0.244. The number of benzene rings is 1. The molecule has 2 rings (SSSR count). The molecule has 0 aliphatic heterocycles. The monoisotopic (exact) mass is 313 g/mol. The SMILES string of the molecule is COc1cccc(C(=O)NCCC(=O)NCc2ccccn2)c1. The summed E-state index contributed by atoms with van der Waals surface area (Å²) in [7, 11) is 1.54. The molecule has 0 saturated carbocycles. The molecule has 0 saturated heterocycles. The normalized spacial score (nSPS) is 9.96. The molecule has 1 heterocycles. The fourth-order valence-electron chi connectivity index (χ4n) is 1.94. The van der Waals surface area contributed by atoms with Crippen LogP contribution in [-0.4, -0.2) is 30.5 Å². The first-order valence-electron chi connectivity index (χ1n) is 7.28. The number of carbonyl (C=O) groups is 2. The lowest BCUT2D eigenvalue weighted by atomic mass is 10.2. The van der Waals surface area contributed by atoms with Crippen LogP contribution in [0.1, 0.15) is 22.5 Å². The van der Waals surface area contributed by atoms with Crippen molar-refractivity contribution in [2.45, 2.75) is 13.0 Å². The van der Waals surface area contributed by atoms with E-state index in [2.05, 4.69) is 15.6 Å². The van der Waals surface area contributed by atoms with Crippen LogP contribution in [0.15, 0.2) is 48.7 Å². The van der Waals surface area contributed by atoms with Gasteiger partial charge in [-0.25, -0.2) is 0 Å². The van der Waals surface area contributed by atoms with Gasteiger partial charge in [0.05, 0.1) is 19.3 Å². The Bertz CT molecular complexity index is 659. The molecule has 0 radical (unpaired) electrons. The number of ether oxygens (including phenoxy) is 1. The Kier molecular flexibility index (Phi) is 6.11. The van der Waals surface area contributed by atoms with E-state index in [0.29, 0.717) is 17.9 Å². The molecule has 23 heavy (non-hydrogen) atoms. The molecule has 6 nitrogen and oxygen atoms in total. The lowest BCUT2D eigenvalue weighted by Crippen LogP contribution is -2.30. The molecule has 1 aromatic carbocycles. The van der Waals surface area contributed by atoms with Gasteiger partial charge < -0.3 is 15.4 Å². The molecule has 2 amide bonds. The van der Waals surface area contributed by atoms with Gasteiger partial charge in [-0.1, -0.05) is 12.1 Å². The van der Waals surface area contributed by atoms with Crippen molar-refractivity contribution in [2.75, 3.05) is 13.7 Å². The summed E-state index contributed by atoms with van der Waals surface area (Å²) in [6.07, 6.45) is 1.89. The molecular weight excluding hydrogens is 294 g/mol. The highest BCUT2D eigenvalue weighted by molar-refractivity contribution is 5.94. The highest BCUT2D eigenvalue weighted by Crippen LogP contribution is 2.12. The van der Waals surface area contributed by atoms with Gasteiger partial charge in [-0.05, 0) is 30.3 Å². The quantitative estimate of drug-likeness (QED) is 0.812. The molecule has 0 atom stereocenters. The first kappa shape index (κ1) is 16.5. The largest absolute Gasteiger partial charge is 0.497 e. The van der Waals surface area contributed by atoms with Gasteiger partial charge in [0, 0.05) is 24.7 Å². The molecule has 0 aliphatic carbocycles. The van der Waals surface area contributed by atoms with Gasteiger partial charge in [0.15, 0.2) is 0 Å². The van der Waals surface area contributed by atoms with Crippen molar-refractivity contribution >= 4 is 11.8 Å². The maximum atomic E-state index is 12.0. The van der Waals surface area contributed by atoms with E-state index in [-0.39, 0.29) is 24.8 Å². The first-order valence-corrected chi connectivity index (χ1v) is 7.28. The maximum Gasteiger partial charge on any atom is 0.251 e. The zero-order valence-corrected chi connectivity index (χ0v) is 12.9. The number of hydrogen-bond acceptors (Lipinski definition) is 4. The van der Waals surface area contributed by atoms with Crippen LogP contribution in [0.2, 0.25) is 0 Å². The minimum Gasteiger partial charge on any atom is -0.497 e. The van der Waals surface area contributed by atoms with Crippen LogP contribution in [0.4, 0.5) is 0 Å². The predicted octanol–water partition coefficient (Wildman–Crippen LogP) is 1.53. The third-order valence-electron chi connectivity index (χ3n) is 3.16. The van der Waals surface area contributed by atoms with Crippen molar-refractivity contribution in [3.05, 3.63) is 59.9 Å². The van der Waals surface area contributed by atoms with E-state index in [1.807, 2.05) is 18.2 Å². The second-order valence-corrected chi connectivity index (χ2v) is 4.84. The van der Waals surface area contributed by atoms with Crippen molar-refractivity contribution in [3.8, 4) is 5.75 Å². The topological polar surface area (TPSA) is 80.3 Å². The Morgan fingerprint density at radius 1 is 1.13 bits per heavy atom. The molecule has 1 aromatic heterocycles. The van der Waals surface area contributed by atoms with E-state index in [1.54, 1.807) is 37.6 Å². The molecule has 0 spiro atoms. The number of nitrogens with one attached hydrogen (secondary N) is 2. The molecule has 2 aromatic rings. The Hall–Kier alpha value is -2.89. The van der Waals surface area contributed by atoms with E-state index in [0.717, 1.165) is 5.69 Å². The summed E-state index contributed by atoms with van der Waals surface area (Å²) in [4.78, 5) is 27.8. The second-order valence-electron chi connectivity index (χ2n) is 4.84. The van der Waals surface area contributed by atoms with Crippen molar-refractivity contribution in [1.29, 1.82) is 0 Å². The highest BCUT2D eigenvalue weighted by Gasteiger charge is 2.07. The number of nitrogens with zero attached hydrogens (tertiary/aromatic N) is 1. The van der Waals surface area contributed by atoms with Gasteiger partial charge >= 0.3 is 0 Å². The lowest BCUT2D eigenvalue weighted by molar-refractivity contribution is -0.121. The third-order valence-corrected chi connectivity index (χ3v) is 3.16. The highest BCUT2D eigenvalue weighted by atomic mass is 16.5. The molecule has 0 bridgehead atoms. The smallest absolute Gasteiger partial charge is 0.251 e. The van der Waals surface area contributed by atoms with Gasteiger partial charge in [-0.15, -0.1) is 0 Å². The molecule has 2 N–H and O–H groups in total. The average Bonchev–Trinajstić information content (AvgIpc) is 2.60. The second kappa shape index (κ2) is 8.53. The Balaban J connectivity index is 1.71. The summed E-state index contributed by atoms with van der Waals surface area (Å²) < 4.78 is 5.07. The molecule has 120 valence electrons. The summed E-state index contributed by atoms with van der Waals surface area (Å²) in [6.45, 7) is 0.646. The zero-order chi connectivity index (χ0) is 16.5. The first-order chi connectivity index (χ1) is 11.2. The minimum absolute atomic E-state index is 0.137. The van der Waals surface area contributed by atoms with Gasteiger partial charge in [-0.2, -0.15) is 0 Å². The van der Waals surface area contributed by atoms with Gasteiger partial charge in [0.2, 0.25) is 5.91 Å². The van der Waals surface area contributed by atoms with E-state index >= 15 is 0 Å². The van der Waals surface area contributed by atoms with E-state index in [9.17, 15) is 9.59 Å². The number of methoxy groups -OCH3 is 1. The summed E-state index contributed by atoms with van der Waals surface area (Å²) in [5, 5.41) is 5.47. The van der Waals surface area contributed by atoms with Gasteiger partial charge in [0.25, 0.3) is 5.91 Å². The molecule has 0 aliphatic rings. The Morgan fingerprint density at radius 3 is 2.74 bits per heavy atom. The van der Waals surface area contributed by atoms with Crippen LogP contribution >= 0.6 is 0 Å². The van der Waals surface area contributed by atoms with E-state index < -0.39 is 0 Å². The number of hydrogen-bond donors (Lipinski definition) is 2. The van der Waals surface area contributed by atoms with Crippen LogP contribution in [0.3, 0.4) is 0 Å². The van der Waals surface area contributed by atoms with Crippen LogP contribution in [0, 0.1) is 0 Å². The lowest BCUT2D eigenvalue weighted by Gasteiger charge is -2.07. The number of pyridine rings is 1. The maximum absolute atomic E-state index is 12.0. The zero-order valence-electron chi connectivity index (χ0n) is 12.9. The van der Waals surface area contributed by atoms with Gasteiger partial charge in [-0.3, -0.25) is 14.6 Å². The number of carbonyl (C=O) groups excluding carboxylic acids is 2. The molecule has 0 fully saturated rings. The number of amides is 2. The fourth-order valence-corrected chi connectivity index (χ4v) is 1.94. The van der Waals surface area contributed by atoms with Crippen LogP contribution < -0.4 is 15.4 Å². The van der Waals surface area contributed by atoms with Crippen molar-refractivity contribution in [3.63, 3.8) is 0 Å². The summed E-state index contributed by atoms with van der Waals surface area (Å²) in [6, 6.07) is 12.4. The van der Waals surface area contributed by atoms with Crippen LogP contribution in [0.5, 0.6) is 5.75 Å². The standard InChI is InChI=1S/C17H19N3O3/c1-23-15-7-4-5-13(11-15)17(22)19-10-8-16(21)20-12-14-6-2-3-9-18-14/h2-7,9,11H,8,10,12H2,1H3,(H,19,22)(H,20,21). The molecule has 6 heteroatoms. The van der Waals surface area contributed by atoms with Crippen molar-refractivity contribution in [1.82, 2.24) is 15.6 Å². The molecule has 0 unspecified atom stereocenters. The Morgan fingerprint density at radius 2 is 2.00 bits per heavy atom. The minimum atomic E-state index is -0.235.